The van der Waals surface area contributed by atoms with Crippen molar-refractivity contribution in [2.75, 3.05) is 30.1 Å². The van der Waals surface area contributed by atoms with Crippen LogP contribution >= 0.6 is 11.3 Å². The number of nitrogens with one attached hydrogen (secondary N) is 1. The summed E-state index contributed by atoms with van der Waals surface area (Å²) < 4.78 is 10.8. The maximum atomic E-state index is 12.9. The highest BCUT2D eigenvalue weighted by Gasteiger charge is 2.27. The van der Waals surface area contributed by atoms with E-state index in [1.807, 2.05) is 25.1 Å². The average Bonchev–Trinajstić information content (AvgIpc) is 3.40. The van der Waals surface area contributed by atoms with Crippen molar-refractivity contribution < 1.29 is 14.3 Å². The lowest BCUT2D eigenvalue weighted by atomic mass is 9.97. The van der Waals surface area contributed by atoms with E-state index in [1.54, 1.807) is 18.6 Å². The van der Waals surface area contributed by atoms with E-state index in [9.17, 15) is 4.79 Å². The van der Waals surface area contributed by atoms with Gasteiger partial charge in [-0.05, 0) is 37.5 Å². The van der Waals surface area contributed by atoms with E-state index in [1.165, 1.54) is 11.3 Å². The van der Waals surface area contributed by atoms with Gasteiger partial charge in [0.2, 0.25) is 12.7 Å². The summed E-state index contributed by atoms with van der Waals surface area (Å²) in [5, 5.41) is 3.68. The van der Waals surface area contributed by atoms with Crippen molar-refractivity contribution in [3.05, 3.63) is 52.9 Å². The second-order valence-corrected chi connectivity index (χ2v) is 8.81. The van der Waals surface area contributed by atoms with Crippen LogP contribution < -0.4 is 19.7 Å². The molecule has 0 saturated carbocycles. The Morgan fingerprint density at radius 1 is 1.29 bits per heavy atom. The van der Waals surface area contributed by atoms with Crippen LogP contribution in [0.1, 0.15) is 29.0 Å². The van der Waals surface area contributed by atoms with Crippen molar-refractivity contribution in [2.24, 2.45) is 5.92 Å². The Morgan fingerprint density at radius 2 is 2.19 bits per heavy atom. The number of carbonyl (C=O) groups is 1. The lowest BCUT2D eigenvalue weighted by Gasteiger charge is -2.32. The summed E-state index contributed by atoms with van der Waals surface area (Å²) in [6.07, 6.45) is 7.62. The molecule has 4 heterocycles. The standard InChI is InChI=1S/C22H23N5O3S/c1-14-19(10-15-4-5-17-18(9-15)30-13-29-17)31-22(25-14)26-21(28)16-3-2-8-27(12-16)20-11-23-6-7-24-20/h4-7,9,11,16H,2-3,8,10,12-13H2,1H3,(H,25,26,28)/t16-/m1/s1. The number of thiazole rings is 1. The minimum absolute atomic E-state index is 0.0111. The molecule has 0 spiro atoms. The summed E-state index contributed by atoms with van der Waals surface area (Å²) in [6, 6.07) is 5.97. The number of aryl methyl sites for hydroxylation is 1. The number of piperidine rings is 1. The summed E-state index contributed by atoms with van der Waals surface area (Å²) in [7, 11) is 0. The van der Waals surface area contributed by atoms with Gasteiger partial charge in [-0.15, -0.1) is 11.3 Å². The minimum atomic E-state index is -0.0997. The Balaban J connectivity index is 1.24. The van der Waals surface area contributed by atoms with E-state index in [2.05, 4.69) is 25.2 Å². The number of anilines is 2. The molecule has 3 aromatic rings. The van der Waals surface area contributed by atoms with Gasteiger partial charge in [-0.1, -0.05) is 6.07 Å². The summed E-state index contributed by atoms with van der Waals surface area (Å²) in [4.78, 5) is 29.2. The van der Waals surface area contributed by atoms with Crippen LogP contribution in [-0.4, -0.2) is 40.7 Å². The zero-order valence-electron chi connectivity index (χ0n) is 17.2. The Hall–Kier alpha value is -3.20. The number of fused-ring (bicyclic) bond motifs is 1. The first-order valence-electron chi connectivity index (χ1n) is 10.3. The molecule has 0 aliphatic carbocycles. The second-order valence-electron chi connectivity index (χ2n) is 7.73. The Bertz CT molecular complexity index is 1090. The molecule has 31 heavy (non-hydrogen) atoms. The van der Waals surface area contributed by atoms with E-state index >= 15 is 0 Å². The van der Waals surface area contributed by atoms with Gasteiger partial charge in [0.15, 0.2) is 16.6 Å². The molecular weight excluding hydrogens is 414 g/mol. The SMILES string of the molecule is Cc1nc(NC(=O)[C@@H]2CCCN(c3cnccn3)C2)sc1Cc1ccc2c(c1)OCO2. The predicted molar refractivity (Wildman–Crippen MR) is 118 cm³/mol. The number of hydrogen-bond acceptors (Lipinski definition) is 8. The molecule has 2 aromatic heterocycles. The van der Waals surface area contributed by atoms with E-state index in [0.29, 0.717) is 11.7 Å². The first kappa shape index (κ1) is 19.7. The largest absolute Gasteiger partial charge is 0.454 e. The van der Waals surface area contributed by atoms with Gasteiger partial charge in [-0.25, -0.2) is 9.97 Å². The van der Waals surface area contributed by atoms with E-state index in [0.717, 1.165) is 59.3 Å². The third-order valence-electron chi connectivity index (χ3n) is 5.59. The van der Waals surface area contributed by atoms with Gasteiger partial charge in [0.1, 0.15) is 5.82 Å². The molecular formula is C22H23N5O3S. The van der Waals surface area contributed by atoms with Crippen LogP contribution in [0, 0.1) is 12.8 Å². The third kappa shape index (κ3) is 4.32. The minimum Gasteiger partial charge on any atom is -0.454 e. The van der Waals surface area contributed by atoms with Crippen molar-refractivity contribution in [3.8, 4) is 11.5 Å². The number of rotatable bonds is 5. The van der Waals surface area contributed by atoms with Gasteiger partial charge in [0, 0.05) is 36.8 Å². The molecule has 160 valence electrons. The number of amides is 1. The summed E-state index contributed by atoms with van der Waals surface area (Å²) in [5.41, 5.74) is 2.06. The lowest BCUT2D eigenvalue weighted by molar-refractivity contribution is -0.120. The molecule has 1 aromatic carbocycles. The molecule has 8 nitrogen and oxygen atoms in total. The van der Waals surface area contributed by atoms with Crippen LogP contribution in [0.25, 0.3) is 0 Å². The van der Waals surface area contributed by atoms with Gasteiger partial charge < -0.3 is 19.7 Å². The molecule has 1 N–H and O–H groups in total. The number of aromatic nitrogens is 3. The topological polar surface area (TPSA) is 89.5 Å². The van der Waals surface area contributed by atoms with Crippen molar-refractivity contribution in [1.82, 2.24) is 15.0 Å². The summed E-state index contributed by atoms with van der Waals surface area (Å²) in [6.45, 7) is 3.77. The number of ether oxygens (including phenoxy) is 2. The molecule has 9 heteroatoms. The zero-order chi connectivity index (χ0) is 21.2. The van der Waals surface area contributed by atoms with E-state index < -0.39 is 0 Å². The van der Waals surface area contributed by atoms with Crippen molar-refractivity contribution >= 4 is 28.2 Å². The fourth-order valence-electron chi connectivity index (χ4n) is 3.94. The molecule has 0 bridgehead atoms. The van der Waals surface area contributed by atoms with E-state index in [4.69, 9.17) is 9.47 Å². The maximum Gasteiger partial charge on any atom is 0.231 e. The fraction of sp³-hybridized carbons (Fsp3) is 0.364. The third-order valence-corrected chi connectivity index (χ3v) is 6.66. The van der Waals surface area contributed by atoms with Gasteiger partial charge >= 0.3 is 0 Å². The highest BCUT2D eigenvalue weighted by Crippen LogP contribution is 2.34. The number of carbonyl (C=O) groups excluding carboxylic acids is 1. The molecule has 1 saturated heterocycles. The number of nitrogens with zero attached hydrogens (tertiary/aromatic N) is 4. The van der Waals surface area contributed by atoms with Crippen LogP contribution in [-0.2, 0) is 11.2 Å². The van der Waals surface area contributed by atoms with Crippen molar-refractivity contribution in [3.63, 3.8) is 0 Å². The van der Waals surface area contributed by atoms with Crippen LogP contribution in [0.4, 0.5) is 10.9 Å². The molecule has 1 amide bonds. The van der Waals surface area contributed by atoms with E-state index in [-0.39, 0.29) is 18.6 Å². The zero-order valence-corrected chi connectivity index (χ0v) is 18.0. The Kier molecular flexibility index (Phi) is 5.42. The molecule has 0 unspecified atom stereocenters. The van der Waals surface area contributed by atoms with Gasteiger partial charge in [-0.3, -0.25) is 9.78 Å². The molecule has 5 rings (SSSR count). The van der Waals surface area contributed by atoms with Gasteiger partial charge in [0.25, 0.3) is 0 Å². The lowest BCUT2D eigenvalue weighted by Crippen LogP contribution is -2.41. The Morgan fingerprint density at radius 3 is 3.06 bits per heavy atom. The number of hydrogen-bond donors (Lipinski definition) is 1. The first-order chi connectivity index (χ1) is 15.2. The van der Waals surface area contributed by atoms with Crippen LogP contribution in [0.3, 0.4) is 0 Å². The molecule has 0 radical (unpaired) electrons. The quantitative estimate of drug-likeness (QED) is 0.654. The van der Waals surface area contributed by atoms with Crippen LogP contribution in [0.15, 0.2) is 36.8 Å². The second kappa shape index (κ2) is 8.50. The Labute approximate surface area is 184 Å². The normalized spacial score (nSPS) is 17.6. The maximum absolute atomic E-state index is 12.9. The predicted octanol–water partition coefficient (Wildman–Crippen LogP) is 3.42. The first-order valence-corrected chi connectivity index (χ1v) is 11.1. The average molecular weight is 438 g/mol. The smallest absolute Gasteiger partial charge is 0.231 e. The summed E-state index contributed by atoms with van der Waals surface area (Å²) in [5.74, 6) is 2.28. The molecule has 1 fully saturated rings. The van der Waals surface area contributed by atoms with Crippen molar-refractivity contribution in [1.29, 1.82) is 0 Å². The molecule has 2 aliphatic heterocycles. The molecule has 1 atom stereocenters. The number of benzene rings is 1. The van der Waals surface area contributed by atoms with Crippen LogP contribution in [0.2, 0.25) is 0 Å². The monoisotopic (exact) mass is 437 g/mol. The summed E-state index contributed by atoms with van der Waals surface area (Å²) >= 11 is 1.53. The van der Waals surface area contributed by atoms with Gasteiger partial charge in [-0.2, -0.15) is 0 Å². The van der Waals surface area contributed by atoms with Crippen LogP contribution in [0.5, 0.6) is 11.5 Å². The van der Waals surface area contributed by atoms with Gasteiger partial charge in [0.05, 0.1) is 17.8 Å². The highest BCUT2D eigenvalue weighted by atomic mass is 32.1. The fourth-order valence-corrected chi connectivity index (χ4v) is 4.94. The highest BCUT2D eigenvalue weighted by molar-refractivity contribution is 7.15. The molecule has 2 aliphatic rings. The van der Waals surface area contributed by atoms with Crippen molar-refractivity contribution in [2.45, 2.75) is 26.2 Å².